The zero-order valence-electron chi connectivity index (χ0n) is 13.0. The van der Waals surface area contributed by atoms with Crippen molar-refractivity contribution in [3.05, 3.63) is 59.5 Å². The molecule has 0 radical (unpaired) electrons. The van der Waals surface area contributed by atoms with Gasteiger partial charge in [0.15, 0.2) is 0 Å². The number of carbonyl (C=O) groups excluding carboxylic acids is 2. The van der Waals surface area contributed by atoms with Crippen molar-refractivity contribution in [2.24, 2.45) is 0 Å². The minimum atomic E-state index is -0.597. The lowest BCUT2D eigenvalue weighted by molar-refractivity contribution is -0.123. The van der Waals surface area contributed by atoms with Gasteiger partial charge in [0.05, 0.1) is 11.8 Å². The average Bonchev–Trinajstić information content (AvgIpc) is 3.25. The SMILES string of the molecule is Cc1occc1C(=O)N[C@@H](Cc1ccccc1)C(=O)NC1CC1. The van der Waals surface area contributed by atoms with Gasteiger partial charge in [0, 0.05) is 12.5 Å². The normalized spacial score (nSPS) is 15.0. The summed E-state index contributed by atoms with van der Waals surface area (Å²) in [5.74, 6) is 0.123. The molecule has 3 rings (SSSR count). The van der Waals surface area contributed by atoms with E-state index in [-0.39, 0.29) is 17.9 Å². The lowest BCUT2D eigenvalue weighted by atomic mass is 10.0. The van der Waals surface area contributed by atoms with E-state index in [0.29, 0.717) is 17.7 Å². The van der Waals surface area contributed by atoms with Gasteiger partial charge < -0.3 is 15.1 Å². The summed E-state index contributed by atoms with van der Waals surface area (Å²) >= 11 is 0. The molecule has 0 bridgehead atoms. The first-order valence-electron chi connectivity index (χ1n) is 7.83. The van der Waals surface area contributed by atoms with Gasteiger partial charge in [-0.05, 0) is 31.4 Å². The van der Waals surface area contributed by atoms with Crippen LogP contribution in [0.2, 0.25) is 0 Å². The third kappa shape index (κ3) is 4.00. The molecule has 5 heteroatoms. The van der Waals surface area contributed by atoms with Crippen LogP contribution >= 0.6 is 0 Å². The van der Waals surface area contributed by atoms with Crippen molar-refractivity contribution in [2.45, 2.75) is 38.3 Å². The molecular formula is C18H20N2O3. The third-order valence-corrected chi connectivity index (χ3v) is 3.93. The average molecular weight is 312 g/mol. The van der Waals surface area contributed by atoms with Crippen LogP contribution in [-0.4, -0.2) is 23.9 Å². The summed E-state index contributed by atoms with van der Waals surface area (Å²) in [6.07, 6.45) is 3.96. The Hall–Kier alpha value is -2.56. The second-order valence-corrected chi connectivity index (χ2v) is 5.89. The van der Waals surface area contributed by atoms with Gasteiger partial charge in [-0.25, -0.2) is 0 Å². The molecule has 120 valence electrons. The topological polar surface area (TPSA) is 71.3 Å². The molecule has 0 aliphatic heterocycles. The van der Waals surface area contributed by atoms with Gasteiger partial charge in [0.25, 0.3) is 5.91 Å². The molecule has 23 heavy (non-hydrogen) atoms. The highest BCUT2D eigenvalue weighted by atomic mass is 16.3. The number of benzene rings is 1. The molecule has 1 heterocycles. The van der Waals surface area contributed by atoms with Gasteiger partial charge in [-0.2, -0.15) is 0 Å². The molecular weight excluding hydrogens is 292 g/mol. The van der Waals surface area contributed by atoms with Gasteiger partial charge >= 0.3 is 0 Å². The Morgan fingerprint density at radius 2 is 1.96 bits per heavy atom. The Labute approximate surface area is 135 Å². The second-order valence-electron chi connectivity index (χ2n) is 5.89. The molecule has 2 aromatic rings. The van der Waals surface area contributed by atoms with Crippen molar-refractivity contribution in [3.63, 3.8) is 0 Å². The molecule has 1 fully saturated rings. The van der Waals surface area contributed by atoms with E-state index in [1.165, 1.54) is 6.26 Å². The standard InChI is InChI=1S/C18H20N2O3/c1-12-15(9-10-23-12)17(21)20-16(18(22)19-14-7-8-14)11-13-5-3-2-4-6-13/h2-6,9-10,14,16H,7-8,11H2,1H3,(H,19,22)(H,20,21)/t16-/m0/s1. The zero-order chi connectivity index (χ0) is 16.2. The predicted molar refractivity (Wildman–Crippen MR) is 86.0 cm³/mol. The minimum Gasteiger partial charge on any atom is -0.469 e. The maximum Gasteiger partial charge on any atom is 0.255 e. The van der Waals surface area contributed by atoms with Crippen LogP contribution in [0.5, 0.6) is 0 Å². The number of hydrogen-bond donors (Lipinski definition) is 2. The molecule has 2 N–H and O–H groups in total. The summed E-state index contributed by atoms with van der Waals surface area (Å²) in [4.78, 5) is 24.8. The first kappa shape index (κ1) is 15.3. The fraction of sp³-hybridized carbons (Fsp3) is 0.333. The van der Waals surface area contributed by atoms with Crippen LogP contribution in [0.3, 0.4) is 0 Å². The molecule has 1 aromatic carbocycles. The van der Waals surface area contributed by atoms with Crippen molar-refractivity contribution >= 4 is 11.8 Å². The molecule has 1 aliphatic carbocycles. The van der Waals surface area contributed by atoms with Crippen molar-refractivity contribution < 1.29 is 14.0 Å². The molecule has 1 aromatic heterocycles. The van der Waals surface area contributed by atoms with Crippen LogP contribution in [0, 0.1) is 6.92 Å². The molecule has 1 atom stereocenters. The second kappa shape index (κ2) is 6.69. The van der Waals surface area contributed by atoms with Crippen LogP contribution in [-0.2, 0) is 11.2 Å². The summed E-state index contributed by atoms with van der Waals surface area (Å²) in [6, 6.07) is 11.0. The highest BCUT2D eigenvalue weighted by Gasteiger charge is 2.29. The Morgan fingerprint density at radius 1 is 1.22 bits per heavy atom. The number of nitrogens with one attached hydrogen (secondary N) is 2. The van der Waals surface area contributed by atoms with Gasteiger partial charge in [-0.3, -0.25) is 9.59 Å². The number of rotatable bonds is 6. The molecule has 0 saturated heterocycles. The van der Waals surface area contributed by atoms with E-state index < -0.39 is 6.04 Å². The zero-order valence-corrected chi connectivity index (χ0v) is 13.0. The molecule has 0 spiro atoms. The van der Waals surface area contributed by atoms with Crippen LogP contribution in [0.25, 0.3) is 0 Å². The van der Waals surface area contributed by atoms with E-state index in [0.717, 1.165) is 18.4 Å². The van der Waals surface area contributed by atoms with Crippen LogP contribution in [0.1, 0.15) is 34.5 Å². The highest BCUT2D eigenvalue weighted by Crippen LogP contribution is 2.19. The monoisotopic (exact) mass is 312 g/mol. The van der Waals surface area contributed by atoms with Gasteiger partial charge in [-0.15, -0.1) is 0 Å². The first-order chi connectivity index (χ1) is 11.1. The number of furan rings is 1. The van der Waals surface area contributed by atoms with Crippen LogP contribution < -0.4 is 10.6 Å². The lowest BCUT2D eigenvalue weighted by Crippen LogP contribution is -2.48. The van der Waals surface area contributed by atoms with E-state index in [9.17, 15) is 9.59 Å². The first-order valence-corrected chi connectivity index (χ1v) is 7.83. The van der Waals surface area contributed by atoms with Crippen LogP contribution in [0.15, 0.2) is 47.1 Å². The van der Waals surface area contributed by atoms with E-state index in [1.807, 2.05) is 30.3 Å². The highest BCUT2D eigenvalue weighted by molar-refractivity contribution is 5.98. The Morgan fingerprint density at radius 3 is 2.57 bits per heavy atom. The number of hydrogen-bond acceptors (Lipinski definition) is 3. The summed E-state index contributed by atoms with van der Waals surface area (Å²) in [7, 11) is 0. The fourth-order valence-corrected chi connectivity index (χ4v) is 2.45. The minimum absolute atomic E-state index is 0.133. The molecule has 5 nitrogen and oxygen atoms in total. The largest absolute Gasteiger partial charge is 0.469 e. The maximum absolute atomic E-state index is 12.4. The third-order valence-electron chi connectivity index (χ3n) is 3.93. The van der Waals surface area contributed by atoms with Crippen molar-refractivity contribution in [1.29, 1.82) is 0 Å². The summed E-state index contributed by atoms with van der Waals surface area (Å²) < 4.78 is 5.16. The smallest absolute Gasteiger partial charge is 0.255 e. The fourth-order valence-electron chi connectivity index (χ4n) is 2.45. The van der Waals surface area contributed by atoms with Crippen molar-refractivity contribution in [1.82, 2.24) is 10.6 Å². The van der Waals surface area contributed by atoms with Crippen LogP contribution in [0.4, 0.5) is 0 Å². The molecule has 2 amide bonds. The van der Waals surface area contributed by atoms with Gasteiger partial charge in [-0.1, -0.05) is 30.3 Å². The Kier molecular flexibility index (Phi) is 4.46. The van der Waals surface area contributed by atoms with E-state index in [2.05, 4.69) is 10.6 Å². The van der Waals surface area contributed by atoms with E-state index in [4.69, 9.17) is 4.42 Å². The Balaban J connectivity index is 1.72. The number of aryl methyl sites for hydroxylation is 1. The van der Waals surface area contributed by atoms with Crippen molar-refractivity contribution in [3.8, 4) is 0 Å². The lowest BCUT2D eigenvalue weighted by Gasteiger charge is -2.18. The van der Waals surface area contributed by atoms with Crippen molar-refractivity contribution in [2.75, 3.05) is 0 Å². The summed E-state index contributed by atoms with van der Waals surface area (Å²) in [6.45, 7) is 1.73. The van der Waals surface area contributed by atoms with Gasteiger partial charge in [0.2, 0.25) is 5.91 Å². The Bertz CT molecular complexity index is 689. The number of amides is 2. The van der Waals surface area contributed by atoms with E-state index in [1.54, 1.807) is 13.0 Å². The quantitative estimate of drug-likeness (QED) is 0.859. The maximum atomic E-state index is 12.4. The predicted octanol–water partition coefficient (Wildman–Crippen LogP) is 2.21. The summed E-state index contributed by atoms with van der Waals surface area (Å²) in [5, 5.41) is 5.79. The molecule has 1 saturated carbocycles. The molecule has 0 unspecified atom stereocenters. The number of carbonyl (C=O) groups is 2. The van der Waals surface area contributed by atoms with E-state index >= 15 is 0 Å². The molecule has 1 aliphatic rings. The summed E-state index contributed by atoms with van der Waals surface area (Å²) in [5.41, 5.74) is 1.47. The van der Waals surface area contributed by atoms with Gasteiger partial charge in [0.1, 0.15) is 11.8 Å².